The van der Waals surface area contributed by atoms with Gasteiger partial charge in [0.25, 0.3) is 0 Å². The smallest absolute Gasteiger partial charge is 0.344 e. The Hall–Kier alpha value is -3.27. The van der Waals surface area contributed by atoms with Crippen LogP contribution < -0.4 is 4.74 Å². The van der Waals surface area contributed by atoms with Gasteiger partial charge in [-0.1, -0.05) is 54.6 Å². The number of ketones is 1. The van der Waals surface area contributed by atoms with Crippen molar-refractivity contribution in [1.29, 1.82) is 0 Å². The average Bonchev–Trinajstić information content (AvgIpc) is 2.62. The van der Waals surface area contributed by atoms with E-state index in [-0.39, 0.29) is 22.7 Å². The lowest BCUT2D eigenvalue weighted by molar-refractivity contribution is 0.0730. The SMILES string of the molecule is O=C(Oc1cccc(F)c1)c1ccccc1C(=O)c1ccccc1. The summed E-state index contributed by atoms with van der Waals surface area (Å²) in [6.45, 7) is 0. The van der Waals surface area contributed by atoms with Gasteiger partial charge in [0.15, 0.2) is 5.78 Å². The van der Waals surface area contributed by atoms with Crippen LogP contribution in [0.1, 0.15) is 26.3 Å². The molecule has 0 saturated heterocycles. The highest BCUT2D eigenvalue weighted by atomic mass is 19.1. The van der Waals surface area contributed by atoms with Gasteiger partial charge in [0, 0.05) is 17.2 Å². The van der Waals surface area contributed by atoms with Crippen molar-refractivity contribution in [3.8, 4) is 5.75 Å². The molecule has 3 aromatic carbocycles. The molecule has 0 unspecified atom stereocenters. The molecule has 0 spiro atoms. The van der Waals surface area contributed by atoms with Crippen LogP contribution in [0.25, 0.3) is 0 Å². The molecule has 0 bridgehead atoms. The molecule has 0 atom stereocenters. The summed E-state index contributed by atoms with van der Waals surface area (Å²) < 4.78 is 18.4. The Labute approximate surface area is 138 Å². The van der Waals surface area contributed by atoms with Crippen LogP contribution >= 0.6 is 0 Å². The van der Waals surface area contributed by atoms with E-state index in [1.807, 2.05) is 0 Å². The Bertz CT molecular complexity index is 888. The first kappa shape index (κ1) is 15.6. The zero-order valence-electron chi connectivity index (χ0n) is 12.6. The second-order valence-corrected chi connectivity index (χ2v) is 5.09. The first-order chi connectivity index (χ1) is 11.6. The molecule has 0 aliphatic rings. The Morgan fingerprint density at radius 1 is 0.750 bits per heavy atom. The third kappa shape index (κ3) is 3.38. The fraction of sp³-hybridized carbons (Fsp3) is 0. The maximum atomic E-state index is 13.2. The van der Waals surface area contributed by atoms with Crippen molar-refractivity contribution in [2.75, 3.05) is 0 Å². The van der Waals surface area contributed by atoms with Gasteiger partial charge in [-0.25, -0.2) is 9.18 Å². The van der Waals surface area contributed by atoms with E-state index >= 15 is 0 Å². The van der Waals surface area contributed by atoms with Crippen molar-refractivity contribution in [2.45, 2.75) is 0 Å². The van der Waals surface area contributed by atoms with Gasteiger partial charge >= 0.3 is 5.97 Å². The maximum Gasteiger partial charge on any atom is 0.344 e. The Balaban J connectivity index is 1.91. The fourth-order valence-corrected chi connectivity index (χ4v) is 2.30. The van der Waals surface area contributed by atoms with Crippen molar-refractivity contribution in [3.05, 3.63) is 101 Å². The standard InChI is InChI=1S/C20H13FO3/c21-15-9-6-10-16(13-15)24-20(23)18-12-5-4-11-17(18)19(22)14-7-2-1-3-8-14/h1-13H. The molecule has 118 valence electrons. The van der Waals surface area contributed by atoms with Crippen molar-refractivity contribution in [3.63, 3.8) is 0 Å². The monoisotopic (exact) mass is 320 g/mol. The lowest BCUT2D eigenvalue weighted by Crippen LogP contribution is -2.14. The highest BCUT2D eigenvalue weighted by Gasteiger charge is 2.19. The molecule has 0 aliphatic carbocycles. The van der Waals surface area contributed by atoms with E-state index in [0.29, 0.717) is 5.56 Å². The number of hydrogen-bond acceptors (Lipinski definition) is 3. The van der Waals surface area contributed by atoms with Gasteiger partial charge in [-0.05, 0) is 18.2 Å². The molecule has 0 radical (unpaired) electrons. The van der Waals surface area contributed by atoms with Gasteiger partial charge in [-0.2, -0.15) is 0 Å². The number of halogens is 1. The molecule has 0 aromatic heterocycles. The zero-order chi connectivity index (χ0) is 16.9. The molecule has 0 N–H and O–H groups in total. The van der Waals surface area contributed by atoms with Crippen LogP contribution in [-0.4, -0.2) is 11.8 Å². The highest BCUT2D eigenvalue weighted by Crippen LogP contribution is 2.18. The van der Waals surface area contributed by atoms with Gasteiger partial charge in [0.2, 0.25) is 0 Å². The highest BCUT2D eigenvalue weighted by molar-refractivity contribution is 6.14. The number of hydrogen-bond donors (Lipinski definition) is 0. The van der Waals surface area contributed by atoms with E-state index < -0.39 is 11.8 Å². The first-order valence-corrected chi connectivity index (χ1v) is 7.31. The predicted octanol–water partition coefficient (Wildman–Crippen LogP) is 4.28. The second-order valence-electron chi connectivity index (χ2n) is 5.09. The third-order valence-electron chi connectivity index (χ3n) is 3.43. The minimum Gasteiger partial charge on any atom is -0.423 e. The first-order valence-electron chi connectivity index (χ1n) is 7.31. The molecule has 3 nitrogen and oxygen atoms in total. The normalized spacial score (nSPS) is 10.2. The average molecular weight is 320 g/mol. The van der Waals surface area contributed by atoms with Crippen LogP contribution in [0.5, 0.6) is 5.75 Å². The van der Waals surface area contributed by atoms with Crippen LogP contribution in [0, 0.1) is 5.82 Å². The molecule has 0 saturated carbocycles. The van der Waals surface area contributed by atoms with Gasteiger partial charge < -0.3 is 4.74 Å². The summed E-state index contributed by atoms with van der Waals surface area (Å²) in [5, 5.41) is 0. The number of carbonyl (C=O) groups excluding carboxylic acids is 2. The molecular formula is C20H13FO3. The Kier molecular flexibility index (Phi) is 4.47. The van der Waals surface area contributed by atoms with Gasteiger partial charge in [0.1, 0.15) is 11.6 Å². The molecule has 0 amide bonds. The van der Waals surface area contributed by atoms with E-state index in [2.05, 4.69) is 0 Å². The van der Waals surface area contributed by atoms with Crippen molar-refractivity contribution >= 4 is 11.8 Å². The van der Waals surface area contributed by atoms with Crippen molar-refractivity contribution in [1.82, 2.24) is 0 Å². The van der Waals surface area contributed by atoms with Gasteiger partial charge in [-0.3, -0.25) is 4.79 Å². The Morgan fingerprint density at radius 3 is 2.12 bits per heavy atom. The minimum absolute atomic E-state index is 0.0852. The molecular weight excluding hydrogens is 307 g/mol. The number of rotatable bonds is 4. The summed E-state index contributed by atoms with van der Waals surface area (Å²) in [5.41, 5.74) is 0.851. The largest absolute Gasteiger partial charge is 0.423 e. The summed E-state index contributed by atoms with van der Waals surface area (Å²) >= 11 is 0. The third-order valence-corrected chi connectivity index (χ3v) is 3.43. The summed E-state index contributed by atoms with van der Waals surface area (Å²) in [6.07, 6.45) is 0. The number of benzene rings is 3. The van der Waals surface area contributed by atoms with E-state index in [1.54, 1.807) is 48.5 Å². The summed E-state index contributed by atoms with van der Waals surface area (Å²) in [7, 11) is 0. The summed E-state index contributed by atoms with van der Waals surface area (Å²) in [5.74, 6) is -1.40. The van der Waals surface area contributed by atoms with Crippen LogP contribution in [-0.2, 0) is 0 Å². The maximum absolute atomic E-state index is 13.2. The number of carbonyl (C=O) groups is 2. The quantitative estimate of drug-likeness (QED) is 0.409. The number of ether oxygens (including phenoxy) is 1. The molecule has 0 aliphatic heterocycles. The van der Waals surface area contributed by atoms with Crippen molar-refractivity contribution in [2.24, 2.45) is 0 Å². The topological polar surface area (TPSA) is 43.4 Å². The van der Waals surface area contributed by atoms with Crippen LogP contribution in [0.2, 0.25) is 0 Å². The lowest BCUT2D eigenvalue weighted by atomic mass is 9.98. The lowest BCUT2D eigenvalue weighted by Gasteiger charge is -2.09. The zero-order valence-corrected chi connectivity index (χ0v) is 12.6. The molecule has 0 fully saturated rings. The van der Waals surface area contributed by atoms with Crippen molar-refractivity contribution < 1.29 is 18.7 Å². The fourth-order valence-electron chi connectivity index (χ4n) is 2.30. The summed E-state index contributed by atoms with van der Waals surface area (Å²) in [4.78, 5) is 25.0. The number of esters is 1. The predicted molar refractivity (Wildman–Crippen MR) is 87.7 cm³/mol. The van der Waals surface area contributed by atoms with E-state index in [9.17, 15) is 14.0 Å². The molecule has 4 heteroatoms. The molecule has 0 heterocycles. The Morgan fingerprint density at radius 2 is 1.42 bits per heavy atom. The van der Waals surface area contributed by atoms with E-state index in [1.165, 1.54) is 24.3 Å². The molecule has 3 rings (SSSR count). The summed E-state index contributed by atoms with van der Waals surface area (Å²) in [6, 6.07) is 20.3. The van der Waals surface area contributed by atoms with Gasteiger partial charge in [0.05, 0.1) is 5.56 Å². The van der Waals surface area contributed by atoms with E-state index in [0.717, 1.165) is 6.07 Å². The van der Waals surface area contributed by atoms with E-state index in [4.69, 9.17) is 4.74 Å². The van der Waals surface area contributed by atoms with Crippen LogP contribution in [0.15, 0.2) is 78.9 Å². The second kappa shape index (κ2) is 6.87. The van der Waals surface area contributed by atoms with Gasteiger partial charge in [-0.15, -0.1) is 0 Å². The van der Waals surface area contributed by atoms with Crippen LogP contribution in [0.4, 0.5) is 4.39 Å². The molecule has 24 heavy (non-hydrogen) atoms. The minimum atomic E-state index is -0.708. The van der Waals surface area contributed by atoms with Crippen LogP contribution in [0.3, 0.4) is 0 Å². The molecule has 3 aromatic rings.